The fourth-order valence-electron chi connectivity index (χ4n) is 2.14. The molecule has 0 aliphatic heterocycles. The van der Waals surface area contributed by atoms with Gasteiger partial charge >= 0.3 is 0 Å². The lowest BCUT2D eigenvalue weighted by Gasteiger charge is -2.08. The summed E-state index contributed by atoms with van der Waals surface area (Å²) >= 11 is 0. The molecule has 0 aliphatic rings. The van der Waals surface area contributed by atoms with Gasteiger partial charge in [-0.25, -0.2) is 0 Å². The lowest BCUT2D eigenvalue weighted by Crippen LogP contribution is -1.93. The highest BCUT2D eigenvalue weighted by atomic mass is 16.5. The number of unbranched alkanes of at least 4 members (excludes halogenated alkanes) is 1. The number of benzene rings is 1. The van der Waals surface area contributed by atoms with Gasteiger partial charge in [-0.15, -0.1) is 0 Å². The summed E-state index contributed by atoms with van der Waals surface area (Å²) in [5.74, 6) is 1.22. The third-order valence-electron chi connectivity index (χ3n) is 3.25. The van der Waals surface area contributed by atoms with E-state index in [1.807, 2.05) is 25.1 Å². The summed E-state index contributed by atoms with van der Waals surface area (Å²) in [7, 11) is 1.67. The van der Waals surface area contributed by atoms with Crippen LogP contribution in [0, 0.1) is 6.92 Å². The van der Waals surface area contributed by atoms with E-state index >= 15 is 0 Å². The van der Waals surface area contributed by atoms with Crippen molar-refractivity contribution in [3.8, 4) is 16.9 Å². The van der Waals surface area contributed by atoms with Gasteiger partial charge in [-0.3, -0.25) is 0 Å². The lowest BCUT2D eigenvalue weighted by molar-refractivity contribution is 0.412. The SMILES string of the molecule is CCCCc1noc(N)c1-c1ccc(C)c(OC)c1. The number of anilines is 1. The first-order valence-corrected chi connectivity index (χ1v) is 6.56. The van der Waals surface area contributed by atoms with Crippen LogP contribution in [0.1, 0.15) is 31.0 Å². The number of hydrogen-bond acceptors (Lipinski definition) is 4. The smallest absolute Gasteiger partial charge is 0.230 e. The van der Waals surface area contributed by atoms with Crippen molar-refractivity contribution < 1.29 is 9.26 Å². The van der Waals surface area contributed by atoms with E-state index in [0.717, 1.165) is 47.4 Å². The van der Waals surface area contributed by atoms with E-state index in [1.54, 1.807) is 7.11 Å². The Kier molecular flexibility index (Phi) is 4.10. The van der Waals surface area contributed by atoms with Crippen molar-refractivity contribution in [1.29, 1.82) is 0 Å². The van der Waals surface area contributed by atoms with Gasteiger partial charge in [-0.1, -0.05) is 30.6 Å². The third kappa shape index (κ3) is 2.72. The van der Waals surface area contributed by atoms with Crippen LogP contribution in [0.3, 0.4) is 0 Å². The molecular weight excluding hydrogens is 240 g/mol. The average Bonchev–Trinajstić information content (AvgIpc) is 2.78. The highest BCUT2D eigenvalue weighted by Gasteiger charge is 2.16. The van der Waals surface area contributed by atoms with Crippen molar-refractivity contribution in [2.45, 2.75) is 33.1 Å². The zero-order chi connectivity index (χ0) is 13.8. The molecule has 2 N–H and O–H groups in total. The topological polar surface area (TPSA) is 61.3 Å². The second kappa shape index (κ2) is 5.78. The second-order valence-corrected chi connectivity index (χ2v) is 4.66. The summed E-state index contributed by atoms with van der Waals surface area (Å²) in [6.45, 7) is 4.16. The quantitative estimate of drug-likeness (QED) is 0.892. The van der Waals surface area contributed by atoms with Crippen molar-refractivity contribution >= 4 is 5.88 Å². The van der Waals surface area contributed by atoms with E-state index in [4.69, 9.17) is 15.0 Å². The van der Waals surface area contributed by atoms with Crippen LogP contribution in [0.15, 0.2) is 22.7 Å². The molecular formula is C15H20N2O2. The molecule has 0 aliphatic carbocycles. The van der Waals surface area contributed by atoms with Crippen LogP contribution in [-0.4, -0.2) is 12.3 Å². The molecule has 0 unspecified atom stereocenters. The lowest BCUT2D eigenvalue weighted by atomic mass is 10.0. The minimum Gasteiger partial charge on any atom is -0.496 e. The fourth-order valence-corrected chi connectivity index (χ4v) is 2.14. The van der Waals surface area contributed by atoms with E-state index < -0.39 is 0 Å². The van der Waals surface area contributed by atoms with Gasteiger partial charge in [0.25, 0.3) is 0 Å². The summed E-state index contributed by atoms with van der Waals surface area (Å²) < 4.78 is 10.5. The Bertz CT molecular complexity index is 561. The van der Waals surface area contributed by atoms with Crippen LogP contribution in [0.2, 0.25) is 0 Å². The molecule has 0 radical (unpaired) electrons. The standard InChI is InChI=1S/C15H20N2O2/c1-4-5-6-12-14(15(16)19-17-12)11-8-7-10(2)13(9-11)18-3/h7-9H,4-6,16H2,1-3H3. The van der Waals surface area contributed by atoms with Crippen molar-refractivity contribution in [1.82, 2.24) is 5.16 Å². The van der Waals surface area contributed by atoms with Crippen molar-refractivity contribution in [3.63, 3.8) is 0 Å². The van der Waals surface area contributed by atoms with Gasteiger partial charge in [0.2, 0.25) is 5.88 Å². The molecule has 102 valence electrons. The number of hydrogen-bond donors (Lipinski definition) is 1. The maximum atomic E-state index is 5.90. The van der Waals surface area contributed by atoms with Crippen LogP contribution in [-0.2, 0) is 6.42 Å². The highest BCUT2D eigenvalue weighted by Crippen LogP contribution is 2.33. The van der Waals surface area contributed by atoms with Crippen molar-refractivity contribution in [2.75, 3.05) is 12.8 Å². The Morgan fingerprint density at radius 3 is 2.84 bits per heavy atom. The van der Waals surface area contributed by atoms with Crippen LogP contribution >= 0.6 is 0 Å². The number of nitrogens with two attached hydrogens (primary N) is 1. The minimum absolute atomic E-state index is 0.372. The van der Waals surface area contributed by atoms with E-state index in [2.05, 4.69) is 12.1 Å². The molecule has 4 heteroatoms. The normalized spacial score (nSPS) is 10.7. The van der Waals surface area contributed by atoms with Gasteiger partial charge in [0.1, 0.15) is 5.75 Å². The van der Waals surface area contributed by atoms with Gasteiger partial charge in [-0.05, 0) is 37.0 Å². The first-order chi connectivity index (χ1) is 9.17. The number of ether oxygens (including phenoxy) is 1. The Labute approximate surface area is 113 Å². The fraction of sp³-hybridized carbons (Fsp3) is 0.400. The molecule has 2 rings (SSSR count). The molecule has 0 saturated carbocycles. The highest BCUT2D eigenvalue weighted by molar-refractivity contribution is 5.76. The van der Waals surface area contributed by atoms with E-state index in [9.17, 15) is 0 Å². The summed E-state index contributed by atoms with van der Waals surface area (Å²) in [5.41, 5.74) is 9.81. The molecule has 0 fully saturated rings. The zero-order valence-corrected chi connectivity index (χ0v) is 11.7. The van der Waals surface area contributed by atoms with E-state index in [-0.39, 0.29) is 0 Å². The molecule has 0 atom stereocenters. The average molecular weight is 260 g/mol. The third-order valence-corrected chi connectivity index (χ3v) is 3.25. The monoisotopic (exact) mass is 260 g/mol. The molecule has 1 heterocycles. The molecule has 0 spiro atoms. The maximum absolute atomic E-state index is 5.90. The molecule has 0 saturated heterocycles. The predicted octanol–water partition coefficient (Wildman–Crippen LogP) is 3.58. The largest absolute Gasteiger partial charge is 0.496 e. The second-order valence-electron chi connectivity index (χ2n) is 4.66. The summed E-state index contributed by atoms with van der Waals surface area (Å²) in [6.07, 6.45) is 3.06. The number of nitrogens with zero attached hydrogens (tertiary/aromatic N) is 1. The van der Waals surface area contributed by atoms with Crippen LogP contribution < -0.4 is 10.5 Å². The minimum atomic E-state index is 0.372. The van der Waals surface area contributed by atoms with Crippen LogP contribution in [0.25, 0.3) is 11.1 Å². The molecule has 19 heavy (non-hydrogen) atoms. The first kappa shape index (κ1) is 13.5. The molecule has 1 aromatic heterocycles. The Hall–Kier alpha value is -1.97. The number of rotatable bonds is 5. The van der Waals surface area contributed by atoms with Gasteiger partial charge in [0.15, 0.2) is 0 Å². The Morgan fingerprint density at radius 1 is 1.37 bits per heavy atom. The van der Waals surface area contributed by atoms with Crippen molar-refractivity contribution in [2.24, 2.45) is 0 Å². The Balaban J connectivity index is 2.43. The van der Waals surface area contributed by atoms with Crippen molar-refractivity contribution in [3.05, 3.63) is 29.5 Å². The summed E-state index contributed by atoms with van der Waals surface area (Å²) in [5, 5.41) is 4.07. The molecule has 1 aromatic carbocycles. The van der Waals surface area contributed by atoms with Gasteiger partial charge < -0.3 is 15.0 Å². The van der Waals surface area contributed by atoms with E-state index in [0.29, 0.717) is 5.88 Å². The first-order valence-electron chi connectivity index (χ1n) is 6.56. The van der Waals surface area contributed by atoms with Gasteiger partial charge in [0.05, 0.1) is 18.4 Å². The predicted molar refractivity (Wildman–Crippen MR) is 76.3 cm³/mol. The molecule has 0 bridgehead atoms. The Morgan fingerprint density at radius 2 is 2.16 bits per heavy atom. The summed E-state index contributed by atoms with van der Waals surface area (Å²) in [4.78, 5) is 0. The molecule has 0 amide bonds. The van der Waals surface area contributed by atoms with E-state index in [1.165, 1.54) is 0 Å². The molecule has 2 aromatic rings. The summed E-state index contributed by atoms with van der Waals surface area (Å²) in [6, 6.07) is 6.02. The number of aromatic nitrogens is 1. The zero-order valence-electron chi connectivity index (χ0n) is 11.7. The molecule has 4 nitrogen and oxygen atoms in total. The maximum Gasteiger partial charge on any atom is 0.230 e. The van der Waals surface area contributed by atoms with Gasteiger partial charge in [-0.2, -0.15) is 0 Å². The van der Waals surface area contributed by atoms with Crippen LogP contribution in [0.5, 0.6) is 5.75 Å². The van der Waals surface area contributed by atoms with Gasteiger partial charge in [0, 0.05) is 0 Å². The number of methoxy groups -OCH3 is 1. The number of aryl methyl sites for hydroxylation is 2. The van der Waals surface area contributed by atoms with Crippen LogP contribution in [0.4, 0.5) is 5.88 Å². The number of nitrogen functional groups attached to an aromatic ring is 1.